The molecule has 1 radical (unpaired) electrons. The van der Waals surface area contributed by atoms with Crippen molar-refractivity contribution in [2.24, 2.45) is 5.92 Å². The van der Waals surface area contributed by atoms with E-state index in [-0.39, 0.29) is 0 Å². The average Bonchev–Trinajstić information content (AvgIpc) is 2.24. The molecule has 0 heterocycles. The van der Waals surface area contributed by atoms with Crippen LogP contribution in [0.4, 0.5) is 0 Å². The van der Waals surface area contributed by atoms with Gasteiger partial charge in [-0.1, -0.05) is 26.8 Å². The van der Waals surface area contributed by atoms with Crippen LogP contribution in [0, 0.1) is 15.4 Å². The lowest BCUT2D eigenvalue weighted by molar-refractivity contribution is 0.271. The fourth-order valence-electron chi connectivity index (χ4n) is 1.25. The fourth-order valence-corrected chi connectivity index (χ4v) is 1.90. The van der Waals surface area contributed by atoms with Crippen molar-refractivity contribution in [1.29, 1.82) is 0 Å². The molecule has 0 amide bonds. The molecule has 0 atom stereocenters. The quantitative estimate of drug-likeness (QED) is 0.725. The highest BCUT2D eigenvalue weighted by Gasteiger charge is 2.06. The summed E-state index contributed by atoms with van der Waals surface area (Å²) in [5.74, 6) is 2.66. The zero-order valence-electron chi connectivity index (χ0n) is 10.1. The minimum absolute atomic E-state index is 0.547. The largest absolute Gasteiger partial charge is 0.493 e. The summed E-state index contributed by atoms with van der Waals surface area (Å²) in [4.78, 5) is 0. The van der Waals surface area contributed by atoms with Gasteiger partial charge >= 0.3 is 0 Å². The molecule has 0 bridgehead atoms. The van der Waals surface area contributed by atoms with Gasteiger partial charge in [-0.15, -0.1) is 6.58 Å². The first kappa shape index (κ1) is 13.6. The van der Waals surface area contributed by atoms with E-state index in [1.807, 2.05) is 6.08 Å². The lowest BCUT2D eigenvalue weighted by Gasteiger charge is -2.12. The van der Waals surface area contributed by atoms with Crippen LogP contribution in [0.25, 0.3) is 0 Å². The van der Waals surface area contributed by atoms with E-state index >= 15 is 0 Å². The van der Waals surface area contributed by atoms with Crippen LogP contribution < -0.4 is 4.74 Å². The maximum Gasteiger partial charge on any atom is 0.120 e. The van der Waals surface area contributed by atoms with Crippen molar-refractivity contribution >= 4 is 22.6 Å². The molecule has 0 saturated carbocycles. The summed E-state index contributed by atoms with van der Waals surface area (Å²) in [7, 11) is 0. The molecule has 1 aromatic rings. The first-order chi connectivity index (χ1) is 7.52. The lowest BCUT2D eigenvalue weighted by Crippen LogP contribution is -2.05. The summed E-state index contributed by atoms with van der Waals surface area (Å²) in [5.41, 5.74) is 1.18. The smallest absolute Gasteiger partial charge is 0.120 e. The SMILES string of the molecule is C=C[C](C)c1cc(I)cc(OCC(C)C)c1. The number of benzene rings is 1. The molecular weight excluding hydrogens is 311 g/mol. The molecule has 0 aliphatic carbocycles. The van der Waals surface area contributed by atoms with Gasteiger partial charge in [0.15, 0.2) is 0 Å². The number of halogens is 1. The minimum Gasteiger partial charge on any atom is -0.493 e. The van der Waals surface area contributed by atoms with Crippen molar-refractivity contribution in [1.82, 2.24) is 0 Å². The van der Waals surface area contributed by atoms with Crippen LogP contribution in [0.15, 0.2) is 30.9 Å². The normalized spacial score (nSPS) is 10.9. The third-order valence-electron chi connectivity index (χ3n) is 2.22. The number of rotatable bonds is 5. The topological polar surface area (TPSA) is 9.23 Å². The van der Waals surface area contributed by atoms with Crippen LogP contribution >= 0.6 is 22.6 Å². The van der Waals surface area contributed by atoms with Crippen LogP contribution in [0.1, 0.15) is 26.3 Å². The van der Waals surface area contributed by atoms with Crippen LogP contribution in [0.2, 0.25) is 0 Å². The fraction of sp³-hybridized carbons (Fsp3) is 0.357. The van der Waals surface area contributed by atoms with Crippen LogP contribution in [0.3, 0.4) is 0 Å². The molecule has 0 aliphatic rings. The van der Waals surface area contributed by atoms with E-state index in [2.05, 4.69) is 68.1 Å². The van der Waals surface area contributed by atoms with Crippen LogP contribution in [-0.4, -0.2) is 6.61 Å². The van der Waals surface area contributed by atoms with Crippen molar-refractivity contribution in [3.05, 3.63) is 45.9 Å². The molecule has 2 heteroatoms. The highest BCUT2D eigenvalue weighted by Crippen LogP contribution is 2.24. The van der Waals surface area contributed by atoms with Gasteiger partial charge < -0.3 is 4.74 Å². The Kier molecular flexibility index (Phi) is 5.32. The van der Waals surface area contributed by atoms with Gasteiger partial charge in [-0.2, -0.15) is 0 Å². The van der Waals surface area contributed by atoms with E-state index in [1.54, 1.807) is 0 Å². The van der Waals surface area contributed by atoms with Crippen molar-refractivity contribution < 1.29 is 4.74 Å². The highest BCUT2D eigenvalue weighted by atomic mass is 127. The molecule has 0 spiro atoms. The van der Waals surface area contributed by atoms with Gasteiger partial charge in [-0.3, -0.25) is 0 Å². The second-order valence-electron chi connectivity index (χ2n) is 4.27. The Hall–Kier alpha value is -0.510. The summed E-state index contributed by atoms with van der Waals surface area (Å²) in [6.45, 7) is 10.9. The van der Waals surface area contributed by atoms with E-state index in [0.717, 1.165) is 12.4 Å². The average molecular weight is 329 g/mol. The van der Waals surface area contributed by atoms with Gasteiger partial charge in [-0.25, -0.2) is 0 Å². The van der Waals surface area contributed by atoms with Crippen molar-refractivity contribution in [3.63, 3.8) is 0 Å². The summed E-state index contributed by atoms with van der Waals surface area (Å²) in [5, 5.41) is 0. The van der Waals surface area contributed by atoms with E-state index in [0.29, 0.717) is 5.92 Å². The van der Waals surface area contributed by atoms with Gasteiger partial charge in [0.05, 0.1) is 6.61 Å². The van der Waals surface area contributed by atoms with Gasteiger partial charge in [0.1, 0.15) is 5.75 Å². The Balaban J connectivity index is 2.85. The Morgan fingerprint density at radius 3 is 2.69 bits per heavy atom. The maximum atomic E-state index is 5.73. The zero-order chi connectivity index (χ0) is 12.1. The van der Waals surface area contributed by atoms with Crippen LogP contribution in [-0.2, 0) is 0 Å². The highest BCUT2D eigenvalue weighted by molar-refractivity contribution is 14.1. The third-order valence-corrected chi connectivity index (χ3v) is 2.84. The molecule has 87 valence electrons. The Bertz CT molecular complexity index is 358. The molecule has 16 heavy (non-hydrogen) atoms. The Morgan fingerprint density at radius 2 is 2.12 bits per heavy atom. The molecule has 0 N–H and O–H groups in total. The van der Waals surface area contributed by atoms with Crippen molar-refractivity contribution in [3.8, 4) is 5.75 Å². The Morgan fingerprint density at radius 1 is 1.44 bits per heavy atom. The molecular formula is C14H18IO. The first-order valence-electron chi connectivity index (χ1n) is 5.42. The van der Waals surface area contributed by atoms with Gasteiger partial charge in [0.25, 0.3) is 0 Å². The summed E-state index contributed by atoms with van der Waals surface area (Å²) >= 11 is 2.31. The summed E-state index contributed by atoms with van der Waals surface area (Å²) in [6, 6.07) is 6.27. The maximum absolute atomic E-state index is 5.73. The predicted octanol–water partition coefficient (Wildman–Crippen LogP) is 4.45. The second-order valence-corrected chi connectivity index (χ2v) is 5.51. The van der Waals surface area contributed by atoms with E-state index in [4.69, 9.17) is 4.74 Å². The first-order valence-corrected chi connectivity index (χ1v) is 6.50. The van der Waals surface area contributed by atoms with E-state index in [1.165, 1.54) is 15.1 Å². The molecule has 1 rings (SSSR count). The third kappa shape index (κ3) is 4.16. The van der Waals surface area contributed by atoms with Crippen molar-refractivity contribution in [2.75, 3.05) is 6.61 Å². The zero-order valence-corrected chi connectivity index (χ0v) is 12.2. The van der Waals surface area contributed by atoms with E-state index < -0.39 is 0 Å². The second kappa shape index (κ2) is 6.28. The number of hydrogen-bond acceptors (Lipinski definition) is 1. The molecule has 1 nitrogen and oxygen atoms in total. The molecule has 0 aliphatic heterocycles. The van der Waals surface area contributed by atoms with Gasteiger partial charge in [-0.05, 0) is 52.3 Å². The van der Waals surface area contributed by atoms with Crippen LogP contribution in [0.5, 0.6) is 5.75 Å². The van der Waals surface area contributed by atoms with Gasteiger partial charge in [0.2, 0.25) is 0 Å². The minimum atomic E-state index is 0.547. The number of hydrogen-bond donors (Lipinski definition) is 0. The monoisotopic (exact) mass is 329 g/mol. The molecule has 0 saturated heterocycles. The molecule has 0 unspecified atom stereocenters. The number of ether oxygens (including phenoxy) is 1. The Labute approximate surface area is 112 Å². The molecule has 0 fully saturated rings. The summed E-state index contributed by atoms with van der Waals surface area (Å²) < 4.78 is 6.92. The molecule has 0 aromatic heterocycles. The number of allylic oxidation sites excluding steroid dienone is 1. The van der Waals surface area contributed by atoms with Gasteiger partial charge in [0, 0.05) is 9.49 Å². The lowest BCUT2D eigenvalue weighted by atomic mass is 10.0. The van der Waals surface area contributed by atoms with E-state index in [9.17, 15) is 0 Å². The van der Waals surface area contributed by atoms with Crippen molar-refractivity contribution in [2.45, 2.75) is 20.8 Å². The summed E-state index contributed by atoms with van der Waals surface area (Å²) in [6.07, 6.45) is 1.87. The predicted molar refractivity (Wildman–Crippen MR) is 77.7 cm³/mol. The standard InChI is InChI=1S/C14H18IO/c1-5-11(4)12-6-13(15)8-14(7-12)16-9-10(2)3/h5-8,10H,1,9H2,2-4H3. The molecule has 1 aromatic carbocycles.